The van der Waals surface area contributed by atoms with Crippen LogP contribution in [-0.2, 0) is 0 Å². The molecule has 0 amide bonds. The second-order valence-corrected chi connectivity index (χ2v) is 5.70. The van der Waals surface area contributed by atoms with E-state index in [0.29, 0.717) is 17.8 Å². The number of anilines is 1. The van der Waals surface area contributed by atoms with Crippen LogP contribution in [0.5, 0.6) is 0 Å². The van der Waals surface area contributed by atoms with Crippen molar-refractivity contribution in [3.63, 3.8) is 0 Å². The third-order valence-electron chi connectivity index (χ3n) is 3.18. The lowest BCUT2D eigenvalue weighted by molar-refractivity contribution is 0.103. The summed E-state index contributed by atoms with van der Waals surface area (Å²) in [7, 11) is 0. The Morgan fingerprint density at radius 2 is 1.86 bits per heavy atom. The van der Waals surface area contributed by atoms with Crippen LogP contribution in [0.1, 0.15) is 10.5 Å². The Morgan fingerprint density at radius 3 is 2.57 bits per heavy atom. The van der Waals surface area contributed by atoms with Crippen molar-refractivity contribution in [1.82, 2.24) is 4.98 Å². The fourth-order valence-electron chi connectivity index (χ4n) is 2.18. The normalized spacial score (nSPS) is 14.4. The van der Waals surface area contributed by atoms with Gasteiger partial charge in [0.15, 0.2) is 0 Å². The summed E-state index contributed by atoms with van der Waals surface area (Å²) in [6, 6.07) is 15.3. The van der Waals surface area contributed by atoms with Crippen LogP contribution in [-0.4, -0.2) is 17.3 Å². The maximum Gasteiger partial charge on any atom is 0.212 e. The van der Waals surface area contributed by atoms with Gasteiger partial charge in [0, 0.05) is 28.1 Å². The van der Waals surface area contributed by atoms with Crippen molar-refractivity contribution < 1.29 is 4.79 Å². The van der Waals surface area contributed by atoms with Crippen molar-refractivity contribution >= 4 is 27.4 Å². The number of halogens is 1. The van der Waals surface area contributed by atoms with Gasteiger partial charge >= 0.3 is 0 Å². The van der Waals surface area contributed by atoms with E-state index in [1.165, 1.54) is 0 Å². The molecule has 0 fully saturated rings. The van der Waals surface area contributed by atoms with Gasteiger partial charge in [0.2, 0.25) is 5.78 Å². The summed E-state index contributed by atoms with van der Waals surface area (Å²) in [6.07, 6.45) is 5.36. The first-order valence-electron chi connectivity index (χ1n) is 6.59. The second kappa shape index (κ2) is 6.06. The highest BCUT2D eigenvalue weighted by molar-refractivity contribution is 9.11. The third-order valence-corrected chi connectivity index (χ3v) is 3.66. The van der Waals surface area contributed by atoms with Gasteiger partial charge in [0.05, 0.1) is 6.54 Å². The Bertz CT molecular complexity index is 708. The van der Waals surface area contributed by atoms with E-state index in [0.717, 1.165) is 10.2 Å². The predicted molar refractivity (Wildman–Crippen MR) is 87.4 cm³/mol. The molecular weight excluding hydrogens is 328 g/mol. The van der Waals surface area contributed by atoms with E-state index in [1.54, 1.807) is 18.3 Å². The minimum Gasteiger partial charge on any atom is -0.342 e. The van der Waals surface area contributed by atoms with Crippen LogP contribution in [0.15, 0.2) is 77.1 Å². The summed E-state index contributed by atoms with van der Waals surface area (Å²) in [5, 5.41) is 0. The van der Waals surface area contributed by atoms with E-state index in [-0.39, 0.29) is 5.78 Å². The van der Waals surface area contributed by atoms with Crippen LogP contribution in [0.4, 0.5) is 5.69 Å². The van der Waals surface area contributed by atoms with Crippen LogP contribution >= 0.6 is 15.9 Å². The molecule has 0 atom stereocenters. The topological polar surface area (TPSA) is 33.2 Å². The number of para-hydroxylation sites is 1. The van der Waals surface area contributed by atoms with E-state index in [2.05, 4.69) is 20.9 Å². The molecule has 3 rings (SSSR count). The molecule has 1 aliphatic heterocycles. The van der Waals surface area contributed by atoms with Gasteiger partial charge in [-0.1, -0.05) is 40.2 Å². The molecule has 0 N–H and O–H groups in total. The highest BCUT2D eigenvalue weighted by Gasteiger charge is 2.18. The van der Waals surface area contributed by atoms with Crippen LogP contribution < -0.4 is 4.90 Å². The number of nitrogens with zero attached hydrogens (tertiary/aromatic N) is 2. The number of allylic oxidation sites excluding steroid dienone is 2. The molecule has 0 saturated heterocycles. The number of hydrogen-bond donors (Lipinski definition) is 0. The van der Waals surface area contributed by atoms with E-state index >= 15 is 0 Å². The largest absolute Gasteiger partial charge is 0.342 e. The molecule has 21 heavy (non-hydrogen) atoms. The monoisotopic (exact) mass is 340 g/mol. The maximum atomic E-state index is 12.5. The number of ketones is 1. The van der Waals surface area contributed by atoms with Crippen molar-refractivity contribution in [3.05, 3.63) is 82.8 Å². The lowest BCUT2D eigenvalue weighted by atomic mass is 10.1. The minimum absolute atomic E-state index is 0.0758. The summed E-state index contributed by atoms with van der Waals surface area (Å²) in [5.41, 5.74) is 2.12. The minimum atomic E-state index is -0.0758. The Morgan fingerprint density at radius 1 is 1.10 bits per heavy atom. The summed E-state index contributed by atoms with van der Waals surface area (Å²) in [4.78, 5) is 18.7. The zero-order valence-electron chi connectivity index (χ0n) is 11.2. The second-order valence-electron chi connectivity index (χ2n) is 4.68. The molecule has 0 unspecified atom stereocenters. The summed E-state index contributed by atoms with van der Waals surface area (Å²) in [5.74, 6) is -0.0758. The first kappa shape index (κ1) is 13.8. The maximum absolute atomic E-state index is 12.5. The molecule has 4 heteroatoms. The van der Waals surface area contributed by atoms with Crippen LogP contribution in [0, 0.1) is 0 Å². The number of benzene rings is 1. The first-order chi connectivity index (χ1) is 10.2. The van der Waals surface area contributed by atoms with Gasteiger partial charge in [-0.25, -0.2) is 0 Å². The molecule has 0 bridgehead atoms. The van der Waals surface area contributed by atoms with Gasteiger partial charge in [0.1, 0.15) is 5.69 Å². The number of rotatable bonds is 3. The van der Waals surface area contributed by atoms with E-state index in [4.69, 9.17) is 0 Å². The molecular formula is C17H13BrN2O. The van der Waals surface area contributed by atoms with Crippen LogP contribution in [0.3, 0.4) is 0 Å². The van der Waals surface area contributed by atoms with E-state index in [1.807, 2.05) is 53.6 Å². The summed E-state index contributed by atoms with van der Waals surface area (Å²) in [6.45, 7) is 0.711. The Hall–Kier alpha value is -2.20. The lowest BCUT2D eigenvalue weighted by Crippen LogP contribution is -2.23. The van der Waals surface area contributed by atoms with Crippen molar-refractivity contribution in [2.45, 2.75) is 0 Å². The number of pyridine rings is 1. The Balaban J connectivity index is 1.94. The van der Waals surface area contributed by atoms with Crippen molar-refractivity contribution in [2.24, 2.45) is 0 Å². The van der Waals surface area contributed by atoms with Crippen molar-refractivity contribution in [3.8, 4) is 0 Å². The Labute approximate surface area is 131 Å². The number of hydrogen-bond acceptors (Lipinski definition) is 3. The zero-order valence-corrected chi connectivity index (χ0v) is 12.8. The predicted octanol–water partition coefficient (Wildman–Crippen LogP) is 3.95. The van der Waals surface area contributed by atoms with Gasteiger partial charge in [-0.05, 0) is 30.3 Å². The quantitative estimate of drug-likeness (QED) is 0.793. The third kappa shape index (κ3) is 3.11. The molecule has 104 valence electrons. The zero-order chi connectivity index (χ0) is 14.7. The molecule has 2 heterocycles. The SMILES string of the molecule is O=C(C1=CN(c2ccccc2)CC(Br)=C1)c1ccccn1. The van der Waals surface area contributed by atoms with Gasteiger partial charge in [0.25, 0.3) is 0 Å². The van der Waals surface area contributed by atoms with E-state index in [9.17, 15) is 4.79 Å². The highest BCUT2D eigenvalue weighted by Crippen LogP contribution is 2.25. The van der Waals surface area contributed by atoms with E-state index < -0.39 is 0 Å². The van der Waals surface area contributed by atoms with Crippen molar-refractivity contribution in [1.29, 1.82) is 0 Å². The Kier molecular flexibility index (Phi) is 3.97. The summed E-state index contributed by atoms with van der Waals surface area (Å²) < 4.78 is 0.966. The molecule has 0 radical (unpaired) electrons. The number of aromatic nitrogens is 1. The molecule has 1 aromatic heterocycles. The fraction of sp³-hybridized carbons (Fsp3) is 0.0588. The molecule has 2 aromatic rings. The van der Waals surface area contributed by atoms with Gasteiger partial charge < -0.3 is 4.90 Å². The number of Topliss-reactive ketones (excluding diaryl/α,β-unsaturated/α-hetero) is 1. The molecule has 0 spiro atoms. The summed E-state index contributed by atoms with van der Waals surface area (Å²) >= 11 is 3.51. The lowest BCUT2D eigenvalue weighted by Gasteiger charge is -2.24. The van der Waals surface area contributed by atoms with Gasteiger partial charge in [-0.2, -0.15) is 0 Å². The standard InChI is InChI=1S/C17H13BrN2O/c18-14-10-13(17(21)16-8-4-5-9-19-16)11-20(12-14)15-6-2-1-3-7-15/h1-11H,12H2. The van der Waals surface area contributed by atoms with Gasteiger partial charge in [-0.3, -0.25) is 9.78 Å². The van der Waals surface area contributed by atoms with Crippen LogP contribution in [0.25, 0.3) is 0 Å². The number of carbonyl (C=O) groups is 1. The highest BCUT2D eigenvalue weighted by atomic mass is 79.9. The smallest absolute Gasteiger partial charge is 0.212 e. The molecule has 1 aliphatic rings. The molecule has 1 aromatic carbocycles. The average molecular weight is 341 g/mol. The van der Waals surface area contributed by atoms with Crippen molar-refractivity contribution in [2.75, 3.05) is 11.4 Å². The number of carbonyl (C=O) groups excluding carboxylic acids is 1. The molecule has 0 aliphatic carbocycles. The first-order valence-corrected chi connectivity index (χ1v) is 7.38. The average Bonchev–Trinajstić information content (AvgIpc) is 2.55. The van der Waals surface area contributed by atoms with Gasteiger partial charge in [-0.15, -0.1) is 0 Å². The molecule has 3 nitrogen and oxygen atoms in total. The molecule has 0 saturated carbocycles. The van der Waals surface area contributed by atoms with Crippen LogP contribution in [0.2, 0.25) is 0 Å². The fourth-order valence-corrected chi connectivity index (χ4v) is 2.70.